The van der Waals surface area contributed by atoms with Gasteiger partial charge in [-0.1, -0.05) is 42.5 Å². The molecule has 2 saturated heterocycles. The van der Waals surface area contributed by atoms with Crippen LogP contribution in [0.15, 0.2) is 54.6 Å². The van der Waals surface area contributed by atoms with Crippen molar-refractivity contribution in [1.82, 2.24) is 9.80 Å². The summed E-state index contributed by atoms with van der Waals surface area (Å²) in [6, 6.07) is 16.5. The summed E-state index contributed by atoms with van der Waals surface area (Å²) in [6.45, 7) is -0.0373. The number of aliphatic hydroxyl groups excluding tert-OH is 1. The summed E-state index contributed by atoms with van der Waals surface area (Å²) in [6.07, 6.45) is -0.881. The van der Waals surface area contributed by atoms with E-state index < -0.39 is 43.1 Å². The van der Waals surface area contributed by atoms with Crippen molar-refractivity contribution >= 4 is 5.91 Å². The van der Waals surface area contributed by atoms with Gasteiger partial charge >= 0.3 is 0 Å². The van der Waals surface area contributed by atoms with E-state index >= 15 is 0 Å². The summed E-state index contributed by atoms with van der Waals surface area (Å²) in [5.74, 6) is -3.14. The van der Waals surface area contributed by atoms with Gasteiger partial charge in [0, 0.05) is 13.0 Å². The Bertz CT molecular complexity index is 995. The topological polar surface area (TPSA) is 76.8 Å². The molecule has 2 fully saturated rings. The Morgan fingerprint density at radius 2 is 2.03 bits per heavy atom. The standard InChI is InChI=1S/C24H25F2N3O3/c25-24(26)13-21(23(31)28-11-5-9-19(28)14-27)29(16-24)22(30)18-8-4-10-20(12-18)32-15-17-6-2-1-3-7-17/h1-4,6-8,10,12,19,21-22,30H,5,9,11,13,15-16H2. The van der Waals surface area contributed by atoms with E-state index in [0.29, 0.717) is 37.3 Å². The van der Waals surface area contributed by atoms with E-state index in [1.54, 1.807) is 24.3 Å². The highest BCUT2D eigenvalue weighted by atomic mass is 19.3. The van der Waals surface area contributed by atoms with Crippen molar-refractivity contribution in [2.45, 2.75) is 50.1 Å². The fourth-order valence-electron chi connectivity index (χ4n) is 4.38. The lowest BCUT2D eigenvalue weighted by Gasteiger charge is -2.31. The molecular formula is C24H25F2N3O3. The number of aliphatic hydroxyl groups is 1. The first kappa shape index (κ1) is 22.2. The minimum absolute atomic E-state index is 0.327. The van der Waals surface area contributed by atoms with Crippen LogP contribution < -0.4 is 4.74 Å². The second-order valence-corrected chi connectivity index (χ2v) is 8.29. The van der Waals surface area contributed by atoms with Crippen LogP contribution in [0.4, 0.5) is 8.78 Å². The maximum atomic E-state index is 14.3. The Kier molecular flexibility index (Phi) is 6.40. The molecule has 0 spiro atoms. The number of ether oxygens (including phenoxy) is 1. The fourth-order valence-corrected chi connectivity index (χ4v) is 4.38. The average Bonchev–Trinajstić information content (AvgIpc) is 3.41. The lowest BCUT2D eigenvalue weighted by molar-refractivity contribution is -0.140. The molecule has 0 bridgehead atoms. The normalized spacial score (nSPS) is 23.6. The summed E-state index contributed by atoms with van der Waals surface area (Å²) in [5, 5.41) is 20.2. The van der Waals surface area contributed by atoms with E-state index in [4.69, 9.17) is 4.74 Å². The number of benzene rings is 2. The molecule has 2 heterocycles. The molecule has 2 aliphatic heterocycles. The average molecular weight is 441 g/mol. The van der Waals surface area contributed by atoms with Crippen molar-refractivity contribution in [3.63, 3.8) is 0 Å². The number of carbonyl (C=O) groups is 1. The fraction of sp³-hybridized carbons (Fsp3) is 0.417. The van der Waals surface area contributed by atoms with Gasteiger partial charge < -0.3 is 14.7 Å². The second-order valence-electron chi connectivity index (χ2n) is 8.29. The number of hydrogen-bond acceptors (Lipinski definition) is 5. The first-order valence-corrected chi connectivity index (χ1v) is 10.7. The summed E-state index contributed by atoms with van der Waals surface area (Å²) < 4.78 is 34.4. The van der Waals surface area contributed by atoms with Crippen LogP contribution in [0.2, 0.25) is 0 Å². The predicted octanol–water partition coefficient (Wildman–Crippen LogP) is 3.48. The van der Waals surface area contributed by atoms with E-state index in [1.165, 1.54) is 4.90 Å². The first-order valence-electron chi connectivity index (χ1n) is 10.7. The van der Waals surface area contributed by atoms with Gasteiger partial charge in [-0.05, 0) is 36.1 Å². The lowest BCUT2D eigenvalue weighted by Crippen LogP contribution is -2.48. The number of hydrogen-bond donors (Lipinski definition) is 1. The molecule has 4 rings (SSSR count). The molecule has 168 valence electrons. The summed E-state index contributed by atoms with van der Waals surface area (Å²) in [7, 11) is 0. The first-order chi connectivity index (χ1) is 15.4. The molecule has 3 atom stereocenters. The number of carbonyl (C=O) groups excluding carboxylic acids is 1. The van der Waals surface area contributed by atoms with Crippen molar-refractivity contribution in [3.8, 4) is 11.8 Å². The number of alkyl halides is 2. The molecule has 3 unspecified atom stereocenters. The number of nitriles is 1. The number of likely N-dealkylation sites (tertiary alicyclic amines) is 2. The monoisotopic (exact) mass is 441 g/mol. The largest absolute Gasteiger partial charge is 0.489 e. The maximum Gasteiger partial charge on any atom is 0.262 e. The minimum atomic E-state index is -3.11. The zero-order valence-corrected chi connectivity index (χ0v) is 17.5. The zero-order valence-electron chi connectivity index (χ0n) is 17.5. The van der Waals surface area contributed by atoms with Crippen LogP contribution in [0.3, 0.4) is 0 Å². The van der Waals surface area contributed by atoms with E-state index in [9.17, 15) is 23.9 Å². The zero-order chi connectivity index (χ0) is 22.7. The summed E-state index contributed by atoms with van der Waals surface area (Å²) >= 11 is 0. The molecule has 1 N–H and O–H groups in total. The van der Waals surface area contributed by atoms with Gasteiger partial charge in [0.1, 0.15) is 24.6 Å². The highest BCUT2D eigenvalue weighted by Crippen LogP contribution is 2.39. The number of amides is 1. The van der Waals surface area contributed by atoms with Crippen molar-refractivity contribution in [3.05, 3.63) is 65.7 Å². The van der Waals surface area contributed by atoms with Gasteiger partial charge in [-0.3, -0.25) is 9.69 Å². The highest BCUT2D eigenvalue weighted by Gasteiger charge is 2.52. The van der Waals surface area contributed by atoms with E-state index in [0.717, 1.165) is 10.5 Å². The van der Waals surface area contributed by atoms with Crippen LogP contribution in [-0.4, -0.2) is 51.9 Å². The third-order valence-electron chi connectivity index (χ3n) is 5.99. The van der Waals surface area contributed by atoms with Crippen LogP contribution in [-0.2, 0) is 11.4 Å². The smallest absolute Gasteiger partial charge is 0.262 e. The Balaban J connectivity index is 1.51. The third kappa shape index (κ3) is 4.74. The van der Waals surface area contributed by atoms with Gasteiger partial charge in [0.05, 0.1) is 18.7 Å². The molecule has 32 heavy (non-hydrogen) atoms. The molecular weight excluding hydrogens is 416 g/mol. The molecule has 0 radical (unpaired) electrons. The Morgan fingerprint density at radius 3 is 2.78 bits per heavy atom. The van der Waals surface area contributed by atoms with Crippen molar-refractivity contribution in [1.29, 1.82) is 5.26 Å². The van der Waals surface area contributed by atoms with Gasteiger partial charge in [-0.25, -0.2) is 8.78 Å². The van der Waals surface area contributed by atoms with Crippen molar-refractivity contribution in [2.24, 2.45) is 0 Å². The SMILES string of the molecule is N#CC1CCCN1C(=O)C1CC(F)(F)CN1C(O)c1cccc(OCc2ccccc2)c1. The molecule has 0 aliphatic carbocycles. The molecule has 8 heteroatoms. The van der Waals surface area contributed by atoms with E-state index in [-0.39, 0.29) is 0 Å². The van der Waals surface area contributed by atoms with E-state index in [2.05, 4.69) is 6.07 Å². The van der Waals surface area contributed by atoms with Crippen LogP contribution in [0.5, 0.6) is 5.75 Å². The molecule has 0 saturated carbocycles. The predicted molar refractivity (Wildman–Crippen MR) is 113 cm³/mol. The Labute approximate surface area is 185 Å². The Morgan fingerprint density at radius 1 is 1.25 bits per heavy atom. The van der Waals surface area contributed by atoms with Crippen molar-refractivity contribution in [2.75, 3.05) is 13.1 Å². The maximum absolute atomic E-state index is 14.3. The number of halogens is 2. The van der Waals surface area contributed by atoms with Crippen LogP contribution in [0, 0.1) is 11.3 Å². The van der Waals surface area contributed by atoms with Gasteiger partial charge in [0.2, 0.25) is 5.91 Å². The molecule has 2 aromatic rings. The van der Waals surface area contributed by atoms with Crippen molar-refractivity contribution < 1.29 is 23.4 Å². The summed E-state index contributed by atoms with van der Waals surface area (Å²) in [4.78, 5) is 15.5. The highest BCUT2D eigenvalue weighted by molar-refractivity contribution is 5.83. The molecule has 0 aromatic heterocycles. The van der Waals surface area contributed by atoms with Crippen LogP contribution in [0.25, 0.3) is 0 Å². The van der Waals surface area contributed by atoms with E-state index in [1.807, 2.05) is 30.3 Å². The Hall–Kier alpha value is -3.02. The number of rotatable bonds is 6. The molecule has 6 nitrogen and oxygen atoms in total. The summed E-state index contributed by atoms with van der Waals surface area (Å²) in [5.41, 5.74) is 1.34. The van der Waals surface area contributed by atoms with Gasteiger partial charge in [0.25, 0.3) is 5.92 Å². The van der Waals surface area contributed by atoms with Crippen LogP contribution >= 0.6 is 0 Å². The molecule has 2 aromatic carbocycles. The van der Waals surface area contributed by atoms with Gasteiger partial charge in [-0.2, -0.15) is 5.26 Å². The molecule has 1 amide bonds. The lowest BCUT2D eigenvalue weighted by atomic mass is 10.1. The third-order valence-corrected chi connectivity index (χ3v) is 5.99. The van der Waals surface area contributed by atoms with Gasteiger partial charge in [-0.15, -0.1) is 0 Å². The van der Waals surface area contributed by atoms with Crippen LogP contribution in [0.1, 0.15) is 36.6 Å². The minimum Gasteiger partial charge on any atom is -0.489 e. The van der Waals surface area contributed by atoms with Gasteiger partial charge in [0.15, 0.2) is 0 Å². The molecule has 2 aliphatic rings. The second kappa shape index (κ2) is 9.23. The number of nitrogens with zero attached hydrogens (tertiary/aromatic N) is 3. The quantitative estimate of drug-likeness (QED) is 0.743.